The van der Waals surface area contributed by atoms with Crippen LogP contribution < -0.4 is 0 Å². The van der Waals surface area contributed by atoms with Gasteiger partial charge in [-0.25, -0.2) is 0 Å². The molecule has 0 spiro atoms. The van der Waals surface area contributed by atoms with Crippen molar-refractivity contribution in [1.82, 2.24) is 0 Å². The Hall–Kier alpha value is -0.780. The number of hydrogen-bond acceptors (Lipinski definition) is 0. The lowest BCUT2D eigenvalue weighted by Gasteiger charge is -2.41. The molecule has 0 N–H and O–H groups in total. The third-order valence-electron chi connectivity index (χ3n) is 6.98. The minimum atomic E-state index is 0.522. The Kier molecular flexibility index (Phi) is 5.19. The van der Waals surface area contributed by atoms with E-state index in [2.05, 4.69) is 52.0 Å². The molecule has 0 aliphatic heterocycles. The predicted molar refractivity (Wildman–Crippen MR) is 101 cm³/mol. The highest BCUT2D eigenvalue weighted by molar-refractivity contribution is 5.24. The van der Waals surface area contributed by atoms with Crippen molar-refractivity contribution in [3.05, 3.63) is 35.4 Å². The Bertz CT molecular complexity index is 474. The van der Waals surface area contributed by atoms with Crippen LogP contribution in [0.4, 0.5) is 0 Å². The van der Waals surface area contributed by atoms with Crippen LogP contribution in [0.25, 0.3) is 0 Å². The van der Waals surface area contributed by atoms with Crippen molar-refractivity contribution >= 4 is 0 Å². The van der Waals surface area contributed by atoms with E-state index in [1.54, 1.807) is 5.56 Å². The third kappa shape index (κ3) is 4.20. The average Bonchev–Trinajstić information content (AvgIpc) is 2.55. The maximum atomic E-state index is 2.44. The zero-order valence-electron chi connectivity index (χ0n) is 15.8. The molecule has 2 saturated carbocycles. The van der Waals surface area contributed by atoms with Gasteiger partial charge in [-0.15, -0.1) is 0 Å². The molecule has 0 heterocycles. The number of aryl methyl sites for hydroxylation is 1. The summed E-state index contributed by atoms with van der Waals surface area (Å²) in [6.07, 6.45) is 11.8. The topological polar surface area (TPSA) is 0 Å². The summed E-state index contributed by atoms with van der Waals surface area (Å²) in [7, 11) is 0. The van der Waals surface area contributed by atoms with Gasteiger partial charge in [0.15, 0.2) is 0 Å². The second kappa shape index (κ2) is 6.99. The fourth-order valence-electron chi connectivity index (χ4n) is 5.22. The summed E-state index contributed by atoms with van der Waals surface area (Å²) in [5, 5.41) is 0. The normalized spacial score (nSPS) is 32.7. The molecule has 0 radical (unpaired) electrons. The first kappa shape index (κ1) is 17.1. The molecule has 23 heavy (non-hydrogen) atoms. The molecule has 0 amide bonds. The first-order valence-corrected chi connectivity index (χ1v) is 10.00. The van der Waals surface area contributed by atoms with Crippen LogP contribution in [0.1, 0.15) is 89.2 Å². The molecule has 0 heteroatoms. The minimum absolute atomic E-state index is 0.522. The molecule has 2 aliphatic rings. The molecular formula is C23H36. The molecule has 0 aromatic heterocycles. The molecule has 128 valence electrons. The van der Waals surface area contributed by atoms with Gasteiger partial charge in [0.25, 0.3) is 0 Å². The van der Waals surface area contributed by atoms with Crippen molar-refractivity contribution in [2.45, 2.75) is 85.0 Å². The molecule has 3 rings (SSSR count). The summed E-state index contributed by atoms with van der Waals surface area (Å²) in [5.74, 6) is 3.85. The lowest BCUT2D eigenvalue weighted by molar-refractivity contribution is 0.107. The second-order valence-corrected chi connectivity index (χ2v) is 9.50. The van der Waals surface area contributed by atoms with Crippen molar-refractivity contribution in [3.63, 3.8) is 0 Å². The van der Waals surface area contributed by atoms with Crippen molar-refractivity contribution in [2.24, 2.45) is 23.2 Å². The van der Waals surface area contributed by atoms with Crippen LogP contribution in [0, 0.1) is 30.1 Å². The van der Waals surface area contributed by atoms with Gasteiger partial charge in [-0.2, -0.15) is 0 Å². The molecule has 1 aromatic rings. The molecule has 2 fully saturated rings. The van der Waals surface area contributed by atoms with Crippen LogP contribution in [0.3, 0.4) is 0 Å². The second-order valence-electron chi connectivity index (χ2n) is 9.50. The van der Waals surface area contributed by atoms with Gasteiger partial charge in [-0.05, 0) is 92.9 Å². The maximum Gasteiger partial charge on any atom is -0.0162 e. The Morgan fingerprint density at radius 3 is 1.65 bits per heavy atom. The van der Waals surface area contributed by atoms with Crippen LogP contribution in [0.15, 0.2) is 24.3 Å². The Morgan fingerprint density at radius 2 is 1.17 bits per heavy atom. The molecular weight excluding hydrogens is 276 g/mol. The van der Waals surface area contributed by atoms with Gasteiger partial charge in [-0.3, -0.25) is 0 Å². The summed E-state index contributed by atoms with van der Waals surface area (Å²) < 4.78 is 0. The smallest absolute Gasteiger partial charge is 0.0162 e. The predicted octanol–water partition coefficient (Wildman–Crippen LogP) is 7.12. The van der Waals surface area contributed by atoms with Crippen molar-refractivity contribution in [2.75, 3.05) is 0 Å². The van der Waals surface area contributed by atoms with Crippen LogP contribution in [0.2, 0.25) is 0 Å². The van der Waals surface area contributed by atoms with Gasteiger partial charge in [0.05, 0.1) is 0 Å². The van der Waals surface area contributed by atoms with E-state index in [0.717, 1.165) is 23.7 Å². The van der Waals surface area contributed by atoms with Crippen molar-refractivity contribution in [3.8, 4) is 0 Å². The molecule has 2 aliphatic carbocycles. The molecule has 0 atom stereocenters. The lowest BCUT2D eigenvalue weighted by atomic mass is 9.64. The first-order valence-electron chi connectivity index (χ1n) is 10.00. The Morgan fingerprint density at radius 1 is 0.696 bits per heavy atom. The first-order chi connectivity index (χ1) is 10.9. The third-order valence-corrected chi connectivity index (χ3v) is 6.98. The molecule has 0 nitrogen and oxygen atoms in total. The fraction of sp³-hybridized carbons (Fsp3) is 0.739. The van der Waals surface area contributed by atoms with E-state index < -0.39 is 0 Å². The molecule has 1 aromatic carbocycles. The summed E-state index contributed by atoms with van der Waals surface area (Å²) in [6.45, 7) is 9.49. The van der Waals surface area contributed by atoms with Crippen LogP contribution in [0.5, 0.6) is 0 Å². The van der Waals surface area contributed by atoms with Gasteiger partial charge in [0.1, 0.15) is 0 Å². The standard InChI is InChI=1S/C23H36/c1-17-5-7-18(8-6-17)19-9-11-20(12-10-19)21-13-15-22(16-14-21)23(2,3)4/h5-8,19-22H,9-16H2,1-4H3. The highest BCUT2D eigenvalue weighted by atomic mass is 14.4. The van der Waals surface area contributed by atoms with Crippen LogP contribution >= 0.6 is 0 Å². The van der Waals surface area contributed by atoms with Crippen LogP contribution in [-0.4, -0.2) is 0 Å². The van der Waals surface area contributed by atoms with Gasteiger partial charge >= 0.3 is 0 Å². The number of hydrogen-bond donors (Lipinski definition) is 0. The van der Waals surface area contributed by atoms with Gasteiger partial charge in [-0.1, -0.05) is 50.6 Å². The zero-order chi connectivity index (χ0) is 16.4. The van der Waals surface area contributed by atoms with Gasteiger partial charge in [0, 0.05) is 0 Å². The minimum Gasteiger partial charge on any atom is -0.0599 e. The summed E-state index contributed by atoms with van der Waals surface area (Å²) in [4.78, 5) is 0. The summed E-state index contributed by atoms with van der Waals surface area (Å²) in [5.41, 5.74) is 3.50. The van der Waals surface area contributed by atoms with E-state index in [0.29, 0.717) is 5.41 Å². The SMILES string of the molecule is Cc1ccc(C2CCC(C3CCC(C(C)(C)C)CC3)CC2)cc1. The molecule has 0 bridgehead atoms. The zero-order valence-corrected chi connectivity index (χ0v) is 15.8. The van der Waals surface area contributed by atoms with Gasteiger partial charge < -0.3 is 0 Å². The van der Waals surface area contributed by atoms with E-state index in [-0.39, 0.29) is 0 Å². The average molecular weight is 313 g/mol. The lowest BCUT2D eigenvalue weighted by Crippen LogP contribution is -2.30. The van der Waals surface area contributed by atoms with E-state index >= 15 is 0 Å². The molecule has 0 saturated heterocycles. The Balaban J connectivity index is 1.49. The highest BCUT2D eigenvalue weighted by Crippen LogP contribution is 2.46. The van der Waals surface area contributed by atoms with E-state index in [9.17, 15) is 0 Å². The highest BCUT2D eigenvalue weighted by Gasteiger charge is 2.34. The van der Waals surface area contributed by atoms with Crippen molar-refractivity contribution < 1.29 is 0 Å². The quantitative estimate of drug-likeness (QED) is 0.545. The van der Waals surface area contributed by atoms with E-state index in [1.807, 2.05) is 0 Å². The van der Waals surface area contributed by atoms with E-state index in [4.69, 9.17) is 0 Å². The van der Waals surface area contributed by atoms with Crippen molar-refractivity contribution in [1.29, 1.82) is 0 Å². The number of rotatable bonds is 2. The van der Waals surface area contributed by atoms with E-state index in [1.165, 1.54) is 56.9 Å². The fourth-order valence-corrected chi connectivity index (χ4v) is 5.22. The maximum absolute atomic E-state index is 2.44. The molecule has 0 unspecified atom stereocenters. The number of benzene rings is 1. The van der Waals surface area contributed by atoms with Gasteiger partial charge in [0.2, 0.25) is 0 Å². The van der Waals surface area contributed by atoms with Crippen LogP contribution in [-0.2, 0) is 0 Å². The largest absolute Gasteiger partial charge is 0.0599 e. The summed E-state index contributed by atoms with van der Waals surface area (Å²) in [6, 6.07) is 9.31. The monoisotopic (exact) mass is 312 g/mol. The summed E-state index contributed by atoms with van der Waals surface area (Å²) >= 11 is 0. The Labute approximate surface area is 144 Å².